The number of hydrogen-bond donors (Lipinski definition) is 3. The molecule has 0 radical (unpaired) electrons. The minimum Gasteiger partial charge on any atom is -0.379 e. The van der Waals surface area contributed by atoms with Gasteiger partial charge in [0.05, 0.1) is 19.0 Å². The number of nitrogens with one attached hydrogen (secondary N) is 3. The lowest BCUT2D eigenvalue weighted by Gasteiger charge is -2.26. The Balaban J connectivity index is 1.62. The molecule has 8 nitrogen and oxygen atoms in total. The topological polar surface area (TPSA) is 95.1 Å². The second-order valence-corrected chi connectivity index (χ2v) is 8.89. The first-order chi connectivity index (χ1) is 12.6. The second-order valence-electron chi connectivity index (χ2n) is 6.96. The van der Waals surface area contributed by atoms with Gasteiger partial charge in [0, 0.05) is 45.8 Å². The quantitative estimate of drug-likeness (QED) is 0.261. The van der Waals surface area contributed by atoms with E-state index in [9.17, 15) is 8.42 Å². The van der Waals surface area contributed by atoms with Gasteiger partial charge in [0.15, 0.2) is 5.96 Å². The summed E-state index contributed by atoms with van der Waals surface area (Å²) in [7, 11) is -3.22. The van der Waals surface area contributed by atoms with Crippen LogP contribution in [0.2, 0.25) is 0 Å². The van der Waals surface area contributed by atoms with Crippen LogP contribution in [-0.4, -0.2) is 84.1 Å². The highest BCUT2D eigenvalue weighted by Gasteiger charge is 2.20. The maximum absolute atomic E-state index is 12.0. The van der Waals surface area contributed by atoms with Crippen LogP contribution in [0.25, 0.3) is 0 Å². The first kappa shape index (κ1) is 21.4. The van der Waals surface area contributed by atoms with Crippen LogP contribution in [0.15, 0.2) is 4.99 Å². The molecule has 26 heavy (non-hydrogen) atoms. The van der Waals surface area contributed by atoms with Gasteiger partial charge in [-0.2, -0.15) is 0 Å². The molecular weight excluding hydrogens is 354 g/mol. The first-order valence-corrected chi connectivity index (χ1v) is 11.5. The summed E-state index contributed by atoms with van der Waals surface area (Å²) in [6.07, 6.45) is 4.49. The van der Waals surface area contributed by atoms with Crippen LogP contribution in [0.3, 0.4) is 0 Å². The Kier molecular flexibility index (Phi) is 9.66. The van der Waals surface area contributed by atoms with E-state index in [-0.39, 0.29) is 5.75 Å². The van der Waals surface area contributed by atoms with E-state index in [1.54, 1.807) is 0 Å². The van der Waals surface area contributed by atoms with E-state index in [4.69, 9.17) is 4.74 Å². The summed E-state index contributed by atoms with van der Waals surface area (Å²) < 4.78 is 32.1. The molecule has 1 aliphatic heterocycles. The van der Waals surface area contributed by atoms with Gasteiger partial charge in [-0.3, -0.25) is 9.89 Å². The van der Waals surface area contributed by atoms with Gasteiger partial charge in [0.2, 0.25) is 10.0 Å². The van der Waals surface area contributed by atoms with Crippen molar-refractivity contribution in [3.8, 4) is 0 Å². The largest absolute Gasteiger partial charge is 0.379 e. The van der Waals surface area contributed by atoms with Crippen molar-refractivity contribution in [2.45, 2.75) is 32.6 Å². The lowest BCUT2D eigenvalue weighted by molar-refractivity contribution is 0.0377. The Hall–Kier alpha value is -0.900. The van der Waals surface area contributed by atoms with Crippen molar-refractivity contribution >= 4 is 16.0 Å². The fraction of sp³-hybridized carbons (Fsp3) is 0.941. The molecule has 152 valence electrons. The van der Waals surface area contributed by atoms with Gasteiger partial charge in [-0.25, -0.2) is 13.1 Å². The minimum atomic E-state index is -3.22. The van der Waals surface area contributed by atoms with Crippen LogP contribution in [-0.2, 0) is 14.8 Å². The molecule has 0 aromatic heterocycles. The molecule has 2 rings (SSSR count). The fourth-order valence-corrected chi connectivity index (χ4v) is 3.97. The SMILES string of the molecule is CCNC(=NCCCN1CCOCC1)NCCS(=O)(=O)NCC1CCC1. The molecule has 1 aliphatic carbocycles. The van der Waals surface area contributed by atoms with Crippen LogP contribution in [0.1, 0.15) is 32.6 Å². The van der Waals surface area contributed by atoms with Gasteiger partial charge >= 0.3 is 0 Å². The van der Waals surface area contributed by atoms with E-state index in [1.807, 2.05) is 6.92 Å². The van der Waals surface area contributed by atoms with E-state index in [0.29, 0.717) is 25.0 Å². The predicted octanol–water partition coefficient (Wildman–Crippen LogP) is -0.0167. The van der Waals surface area contributed by atoms with Crippen molar-refractivity contribution in [3.05, 3.63) is 0 Å². The average Bonchev–Trinajstić information content (AvgIpc) is 2.58. The van der Waals surface area contributed by atoms with Gasteiger partial charge in [-0.1, -0.05) is 6.42 Å². The highest BCUT2D eigenvalue weighted by Crippen LogP contribution is 2.25. The maximum Gasteiger partial charge on any atom is 0.213 e. The molecule has 0 unspecified atom stereocenters. The van der Waals surface area contributed by atoms with Gasteiger partial charge in [-0.05, 0) is 32.1 Å². The molecule has 0 amide bonds. The van der Waals surface area contributed by atoms with E-state index in [2.05, 4.69) is 25.2 Å². The number of morpholine rings is 1. The lowest BCUT2D eigenvalue weighted by Crippen LogP contribution is -2.42. The van der Waals surface area contributed by atoms with Gasteiger partial charge in [-0.15, -0.1) is 0 Å². The average molecular weight is 390 g/mol. The van der Waals surface area contributed by atoms with Crippen LogP contribution in [0.4, 0.5) is 0 Å². The van der Waals surface area contributed by atoms with E-state index in [0.717, 1.165) is 65.2 Å². The molecule has 0 bridgehead atoms. The van der Waals surface area contributed by atoms with E-state index in [1.165, 1.54) is 6.42 Å². The van der Waals surface area contributed by atoms with Gasteiger partial charge in [0.1, 0.15) is 0 Å². The third kappa shape index (κ3) is 8.66. The summed E-state index contributed by atoms with van der Waals surface area (Å²) in [5, 5.41) is 6.28. The van der Waals surface area contributed by atoms with Crippen molar-refractivity contribution in [3.63, 3.8) is 0 Å². The lowest BCUT2D eigenvalue weighted by atomic mass is 9.86. The summed E-state index contributed by atoms with van der Waals surface area (Å²) >= 11 is 0. The maximum atomic E-state index is 12.0. The van der Waals surface area contributed by atoms with Crippen LogP contribution < -0.4 is 15.4 Å². The summed E-state index contributed by atoms with van der Waals surface area (Å²) in [6, 6.07) is 0. The molecule has 0 atom stereocenters. The van der Waals surface area contributed by atoms with Crippen molar-refractivity contribution in [1.82, 2.24) is 20.3 Å². The molecule has 0 spiro atoms. The zero-order chi connectivity index (χ0) is 18.7. The van der Waals surface area contributed by atoms with E-state index < -0.39 is 10.0 Å². The standard InChI is InChI=1S/C17H35N5O3S/c1-2-18-17(19-7-4-9-22-10-12-25-13-11-22)20-8-14-26(23,24)21-15-16-5-3-6-16/h16,21H,2-15H2,1H3,(H2,18,19,20). The number of hydrogen-bond acceptors (Lipinski definition) is 5. The monoisotopic (exact) mass is 389 g/mol. The minimum absolute atomic E-state index is 0.0674. The predicted molar refractivity (Wildman–Crippen MR) is 105 cm³/mol. The Morgan fingerprint density at radius 1 is 1.23 bits per heavy atom. The number of aliphatic imine (C=N–C) groups is 1. The highest BCUT2D eigenvalue weighted by molar-refractivity contribution is 7.89. The Labute approximate surface area is 158 Å². The third-order valence-corrected chi connectivity index (χ3v) is 6.18. The molecule has 1 saturated carbocycles. The number of guanidine groups is 1. The Bertz CT molecular complexity index is 516. The number of rotatable bonds is 11. The summed E-state index contributed by atoms with van der Waals surface area (Å²) in [4.78, 5) is 6.92. The van der Waals surface area contributed by atoms with E-state index >= 15 is 0 Å². The Morgan fingerprint density at radius 3 is 2.65 bits per heavy atom. The second kappa shape index (κ2) is 11.7. The normalized spacial score (nSPS) is 20.0. The third-order valence-electron chi connectivity index (χ3n) is 4.83. The zero-order valence-corrected chi connectivity index (χ0v) is 16.8. The number of ether oxygens (including phenoxy) is 1. The van der Waals surface area contributed by atoms with Crippen molar-refractivity contribution in [1.29, 1.82) is 0 Å². The summed E-state index contributed by atoms with van der Waals surface area (Å²) in [5.41, 5.74) is 0. The molecule has 0 aromatic carbocycles. The summed E-state index contributed by atoms with van der Waals surface area (Å²) in [5.74, 6) is 1.28. The number of nitrogens with zero attached hydrogens (tertiary/aromatic N) is 2. The highest BCUT2D eigenvalue weighted by atomic mass is 32.2. The van der Waals surface area contributed by atoms with Crippen molar-refractivity contribution < 1.29 is 13.2 Å². The fourth-order valence-electron chi connectivity index (χ4n) is 2.97. The molecule has 2 aliphatic rings. The molecule has 3 N–H and O–H groups in total. The van der Waals surface area contributed by atoms with Crippen LogP contribution in [0, 0.1) is 5.92 Å². The number of sulfonamides is 1. The molecule has 9 heteroatoms. The van der Waals surface area contributed by atoms with Gasteiger partial charge in [0.25, 0.3) is 0 Å². The first-order valence-electron chi connectivity index (χ1n) is 9.88. The molecule has 2 fully saturated rings. The smallest absolute Gasteiger partial charge is 0.213 e. The molecule has 1 saturated heterocycles. The summed E-state index contributed by atoms with van der Waals surface area (Å²) in [6.45, 7) is 9.05. The Morgan fingerprint density at radius 2 is 2.00 bits per heavy atom. The zero-order valence-electron chi connectivity index (χ0n) is 16.0. The van der Waals surface area contributed by atoms with Crippen LogP contribution in [0.5, 0.6) is 0 Å². The van der Waals surface area contributed by atoms with Crippen molar-refractivity contribution in [2.24, 2.45) is 10.9 Å². The van der Waals surface area contributed by atoms with Crippen molar-refractivity contribution in [2.75, 3.05) is 64.8 Å². The van der Waals surface area contributed by atoms with Gasteiger partial charge < -0.3 is 15.4 Å². The molecule has 1 heterocycles. The molecular formula is C17H35N5O3S. The van der Waals surface area contributed by atoms with Crippen LogP contribution >= 0.6 is 0 Å². The molecule has 0 aromatic rings.